The third-order valence-corrected chi connectivity index (χ3v) is 3.54. The molecule has 0 radical (unpaired) electrons. The first-order valence-electron chi connectivity index (χ1n) is 8.28. The Morgan fingerprint density at radius 2 is 1.92 bits per heavy atom. The second-order valence-corrected chi connectivity index (χ2v) is 5.32. The van der Waals surface area contributed by atoms with Crippen LogP contribution in [0.2, 0.25) is 0 Å². The van der Waals surface area contributed by atoms with E-state index in [1.165, 1.54) is 6.07 Å². The molecule has 0 saturated carbocycles. The largest absolute Gasteiger partial charge is 0.450 e. The Kier molecular flexibility index (Phi) is 6.61. The average Bonchev–Trinajstić information content (AvgIpc) is 2.59. The van der Waals surface area contributed by atoms with Crippen molar-refractivity contribution in [2.75, 3.05) is 36.5 Å². The molecular formula is C15H23N5O5. The predicted octanol–water partition coefficient (Wildman–Crippen LogP) is 1.74. The summed E-state index contributed by atoms with van der Waals surface area (Å²) in [5.41, 5.74) is -0.284. The number of carbonyl (C=O) groups excluding carboxylic acids is 2. The number of hydrogen-bond donors (Lipinski definition) is 2. The average molecular weight is 353 g/mol. The molecule has 0 aromatic carbocycles. The molecule has 10 heteroatoms. The molecule has 0 bridgehead atoms. The lowest BCUT2D eigenvalue weighted by Gasteiger charge is -2.28. The fraction of sp³-hybridized carbons (Fsp3) is 0.600. The summed E-state index contributed by atoms with van der Waals surface area (Å²) >= 11 is 0. The number of carbonyl (C=O) groups is 2. The third-order valence-electron chi connectivity index (χ3n) is 3.54. The van der Waals surface area contributed by atoms with Crippen LogP contribution in [-0.2, 0) is 9.47 Å². The van der Waals surface area contributed by atoms with Gasteiger partial charge in [0, 0.05) is 19.2 Å². The predicted molar refractivity (Wildman–Crippen MR) is 88.7 cm³/mol. The highest BCUT2D eigenvalue weighted by Gasteiger charge is 2.17. The summed E-state index contributed by atoms with van der Waals surface area (Å²) in [7, 11) is 0. The van der Waals surface area contributed by atoms with Gasteiger partial charge in [0.25, 0.3) is 5.62 Å². The molecule has 2 rings (SSSR count). The molecule has 1 aliphatic heterocycles. The van der Waals surface area contributed by atoms with Gasteiger partial charge < -0.3 is 19.6 Å². The number of hydrogen-bond acceptors (Lipinski definition) is 7. The van der Waals surface area contributed by atoms with Crippen molar-refractivity contribution in [1.29, 1.82) is 0 Å². The fourth-order valence-electron chi connectivity index (χ4n) is 2.43. The van der Waals surface area contributed by atoms with Gasteiger partial charge in [-0.2, -0.15) is 4.98 Å². The Morgan fingerprint density at radius 3 is 2.56 bits per heavy atom. The zero-order valence-corrected chi connectivity index (χ0v) is 14.4. The van der Waals surface area contributed by atoms with Crippen LogP contribution in [0.4, 0.5) is 21.2 Å². The topological polar surface area (TPSA) is 118 Å². The fourth-order valence-corrected chi connectivity index (χ4v) is 2.43. The van der Waals surface area contributed by atoms with Gasteiger partial charge in [-0.3, -0.25) is 5.32 Å². The van der Waals surface area contributed by atoms with Gasteiger partial charge in [-0.05, 0) is 33.1 Å². The molecule has 1 aliphatic rings. The molecule has 0 unspecified atom stereocenters. The minimum Gasteiger partial charge on any atom is -0.450 e. The molecule has 2 heterocycles. The molecule has 0 aliphatic carbocycles. The summed E-state index contributed by atoms with van der Waals surface area (Å²) in [5, 5.41) is 12.6. The molecule has 1 saturated heterocycles. The minimum atomic E-state index is -0.879. The Bertz CT molecular complexity index is 681. The van der Waals surface area contributed by atoms with Gasteiger partial charge in [0.1, 0.15) is 5.82 Å². The molecule has 2 N–H and O–H groups in total. The van der Waals surface area contributed by atoms with Crippen LogP contribution >= 0.6 is 0 Å². The molecule has 0 spiro atoms. The van der Waals surface area contributed by atoms with Gasteiger partial charge in [-0.25, -0.2) is 9.59 Å². The Morgan fingerprint density at radius 1 is 1.24 bits per heavy atom. The van der Waals surface area contributed by atoms with Gasteiger partial charge in [-0.1, -0.05) is 0 Å². The van der Waals surface area contributed by atoms with E-state index >= 15 is 0 Å². The molecule has 138 valence electrons. The molecule has 1 aromatic heterocycles. The number of amides is 2. The summed E-state index contributed by atoms with van der Waals surface area (Å²) in [6.45, 7) is 5.22. The highest BCUT2D eigenvalue weighted by Crippen LogP contribution is 2.19. The summed E-state index contributed by atoms with van der Waals surface area (Å²) in [4.78, 5) is 33.1. The normalized spacial score (nSPS) is 15.0. The summed E-state index contributed by atoms with van der Waals surface area (Å²) in [5.74, 6) is 0.497. The lowest BCUT2D eigenvalue weighted by atomic mass is 10.1. The second kappa shape index (κ2) is 8.90. The van der Waals surface area contributed by atoms with Crippen LogP contribution in [0.3, 0.4) is 0 Å². The maximum absolute atomic E-state index is 11.7. The quantitative estimate of drug-likeness (QED) is 0.791. The number of piperidine rings is 1. The molecular weight excluding hydrogens is 330 g/mol. The van der Waals surface area contributed by atoms with Gasteiger partial charge in [0.15, 0.2) is 5.82 Å². The van der Waals surface area contributed by atoms with Crippen molar-refractivity contribution >= 4 is 23.8 Å². The number of rotatable bonds is 4. The zero-order valence-electron chi connectivity index (χ0n) is 14.4. The van der Waals surface area contributed by atoms with Gasteiger partial charge >= 0.3 is 12.2 Å². The minimum absolute atomic E-state index is 0.00271. The van der Waals surface area contributed by atoms with E-state index in [0.29, 0.717) is 10.5 Å². The maximum atomic E-state index is 11.7. The number of anilines is 2. The zero-order chi connectivity index (χ0) is 18.2. The van der Waals surface area contributed by atoms with Crippen molar-refractivity contribution in [3.8, 4) is 0 Å². The van der Waals surface area contributed by atoms with E-state index in [-0.39, 0.29) is 24.6 Å². The van der Waals surface area contributed by atoms with Crippen LogP contribution in [0.5, 0.6) is 0 Å². The van der Waals surface area contributed by atoms with Crippen molar-refractivity contribution < 1.29 is 24.3 Å². The standard InChI is InChI=1S/C15H23N5O5/c1-3-24-14(21)17-12-10-11(19-8-6-5-7-9-19)16-13(20(12)23)18-15(22)25-4-2/h10,23H,3-9H2,1-2H3,(H,17,21)/b18-13+. The van der Waals surface area contributed by atoms with Crippen LogP contribution in [0.1, 0.15) is 33.1 Å². The molecule has 10 nitrogen and oxygen atoms in total. The molecule has 1 aromatic rings. The van der Waals surface area contributed by atoms with E-state index in [1.54, 1.807) is 13.8 Å². The van der Waals surface area contributed by atoms with Crippen molar-refractivity contribution in [3.05, 3.63) is 11.7 Å². The smallest absolute Gasteiger partial charge is 0.437 e. The molecule has 2 amide bonds. The lowest BCUT2D eigenvalue weighted by molar-refractivity contribution is 0.151. The molecule has 0 atom stereocenters. The van der Waals surface area contributed by atoms with E-state index in [4.69, 9.17) is 9.47 Å². The highest BCUT2D eigenvalue weighted by molar-refractivity contribution is 5.83. The third kappa shape index (κ3) is 5.10. The van der Waals surface area contributed by atoms with E-state index in [2.05, 4.69) is 15.3 Å². The number of nitrogens with one attached hydrogen (secondary N) is 1. The lowest BCUT2D eigenvalue weighted by Crippen LogP contribution is -2.35. The Balaban J connectivity index is 2.42. The molecule has 1 fully saturated rings. The summed E-state index contributed by atoms with van der Waals surface area (Å²) in [6.07, 6.45) is 1.55. The van der Waals surface area contributed by atoms with Crippen molar-refractivity contribution in [3.63, 3.8) is 0 Å². The first-order chi connectivity index (χ1) is 12.0. The van der Waals surface area contributed by atoms with E-state index < -0.39 is 12.2 Å². The summed E-state index contributed by atoms with van der Waals surface area (Å²) in [6, 6.07) is 1.51. The SMILES string of the molecule is CCOC(=O)/N=c1\nc(N2CCCCC2)cc(NC(=O)OCC)n1O. The van der Waals surface area contributed by atoms with Crippen LogP contribution in [0, 0.1) is 0 Å². The first-order valence-corrected chi connectivity index (χ1v) is 8.28. The van der Waals surface area contributed by atoms with E-state index in [0.717, 1.165) is 32.4 Å². The van der Waals surface area contributed by atoms with Crippen molar-refractivity contribution in [1.82, 2.24) is 9.71 Å². The van der Waals surface area contributed by atoms with Gasteiger partial charge in [-0.15, -0.1) is 9.72 Å². The summed E-state index contributed by atoms with van der Waals surface area (Å²) < 4.78 is 10.1. The van der Waals surface area contributed by atoms with Crippen LogP contribution in [0.25, 0.3) is 0 Å². The van der Waals surface area contributed by atoms with Crippen molar-refractivity contribution in [2.24, 2.45) is 4.99 Å². The number of ether oxygens (including phenoxy) is 2. The maximum Gasteiger partial charge on any atom is 0.437 e. The van der Waals surface area contributed by atoms with Gasteiger partial charge in [0.05, 0.1) is 13.2 Å². The van der Waals surface area contributed by atoms with Gasteiger partial charge in [0.2, 0.25) is 0 Å². The van der Waals surface area contributed by atoms with E-state index in [1.807, 2.05) is 4.90 Å². The number of nitrogens with zero attached hydrogens (tertiary/aromatic N) is 4. The monoisotopic (exact) mass is 353 g/mol. The van der Waals surface area contributed by atoms with Crippen molar-refractivity contribution in [2.45, 2.75) is 33.1 Å². The Hall–Kier alpha value is -2.78. The number of aromatic nitrogens is 2. The first kappa shape index (κ1) is 18.6. The van der Waals surface area contributed by atoms with Crippen LogP contribution in [0.15, 0.2) is 11.1 Å². The van der Waals surface area contributed by atoms with E-state index in [9.17, 15) is 14.8 Å². The van der Waals surface area contributed by atoms with Crippen LogP contribution in [-0.4, -0.2) is 53.4 Å². The highest BCUT2D eigenvalue weighted by atomic mass is 16.6. The van der Waals surface area contributed by atoms with Crippen LogP contribution < -0.4 is 15.8 Å². The second-order valence-electron chi connectivity index (χ2n) is 5.32. The molecule has 25 heavy (non-hydrogen) atoms. The Labute approximate surface area is 145 Å².